The molecule has 13 rings (SSSR count). The molecule has 68 heavy (non-hydrogen) atoms. The molecule has 5 aromatic heterocycles. The lowest BCUT2D eigenvalue weighted by Gasteiger charge is -2.23. The van der Waals surface area contributed by atoms with Crippen molar-refractivity contribution >= 4 is 49.4 Å². The monoisotopic (exact) mass is 874 g/mol. The Kier molecular flexibility index (Phi) is 9.31. The van der Waals surface area contributed by atoms with E-state index < -0.39 is 0 Å². The van der Waals surface area contributed by atoms with Crippen molar-refractivity contribution in [3.8, 4) is 62.9 Å². The zero-order valence-corrected chi connectivity index (χ0v) is 36.4. The fourth-order valence-corrected chi connectivity index (χ4v) is 9.30. The Hall–Kier alpha value is -9.41. The normalized spacial score (nSPS) is 13.6. The Morgan fingerprint density at radius 3 is 1.32 bits per heavy atom. The topological polar surface area (TPSA) is 112 Å². The Morgan fingerprint density at radius 1 is 0.353 bits per heavy atom. The molecule has 1 unspecified atom stereocenters. The van der Waals surface area contributed by atoms with Crippen molar-refractivity contribution in [2.45, 2.75) is 6.04 Å². The largest absolute Gasteiger partial charge is 0.358 e. The van der Waals surface area contributed by atoms with Crippen molar-refractivity contribution in [3.05, 3.63) is 224 Å². The smallest absolute Gasteiger partial charge is 0.182 e. The first-order chi connectivity index (χ1) is 33.7. The molecule has 0 saturated heterocycles. The average molecular weight is 875 g/mol. The predicted octanol–water partition coefficient (Wildman–Crippen LogP) is 12.7. The van der Waals surface area contributed by atoms with Gasteiger partial charge in [-0.05, 0) is 42.5 Å². The van der Waals surface area contributed by atoms with Gasteiger partial charge in [0.25, 0.3) is 0 Å². The molecular formula is C58H38N10. The van der Waals surface area contributed by atoms with Gasteiger partial charge >= 0.3 is 0 Å². The highest BCUT2D eigenvalue weighted by Crippen LogP contribution is 2.40. The minimum Gasteiger partial charge on any atom is -0.358 e. The lowest BCUT2D eigenvalue weighted by molar-refractivity contribution is 0.682. The van der Waals surface area contributed by atoms with Crippen LogP contribution in [0.25, 0.3) is 112 Å². The minimum absolute atomic E-state index is 0.333. The zero-order chi connectivity index (χ0) is 45.0. The number of hydrogen-bond donors (Lipinski definition) is 1. The van der Waals surface area contributed by atoms with Crippen LogP contribution < -0.4 is 5.32 Å². The number of pyridine rings is 1. The van der Waals surface area contributed by atoms with Gasteiger partial charge in [-0.2, -0.15) is 0 Å². The van der Waals surface area contributed by atoms with Gasteiger partial charge in [0.1, 0.15) is 23.4 Å². The average Bonchev–Trinajstić information content (AvgIpc) is 3.93. The Morgan fingerprint density at radius 2 is 0.794 bits per heavy atom. The lowest BCUT2D eigenvalue weighted by atomic mass is 10.1. The van der Waals surface area contributed by atoms with Crippen molar-refractivity contribution in [1.82, 2.24) is 49.3 Å². The van der Waals surface area contributed by atoms with E-state index in [4.69, 9.17) is 34.9 Å². The summed E-state index contributed by atoms with van der Waals surface area (Å²) in [6, 6.07) is 67.6. The summed E-state index contributed by atoms with van der Waals surface area (Å²) in [4.78, 5) is 35.3. The fraction of sp³-hybridized carbons (Fsp3) is 0.0172. The third kappa shape index (κ3) is 6.78. The van der Waals surface area contributed by atoms with E-state index in [1.165, 1.54) is 0 Å². The maximum absolute atomic E-state index is 5.33. The molecule has 1 aliphatic heterocycles. The molecule has 1 N–H and O–H groups in total. The van der Waals surface area contributed by atoms with Crippen LogP contribution in [0.15, 0.2) is 218 Å². The van der Waals surface area contributed by atoms with Crippen LogP contribution >= 0.6 is 0 Å². The number of hydrogen-bond acceptors (Lipinski definition) is 8. The van der Waals surface area contributed by atoms with E-state index in [9.17, 15) is 0 Å². The van der Waals surface area contributed by atoms with E-state index in [0.717, 1.165) is 77.5 Å². The highest BCUT2D eigenvalue weighted by atomic mass is 15.2. The summed E-state index contributed by atoms with van der Waals surface area (Å²) in [6.45, 7) is 0. The van der Waals surface area contributed by atoms with Crippen molar-refractivity contribution < 1.29 is 0 Å². The Bertz CT molecular complexity index is 3820. The number of allylic oxidation sites excluding steroid dienone is 2. The quantitative estimate of drug-likeness (QED) is 0.161. The predicted molar refractivity (Wildman–Crippen MR) is 271 cm³/mol. The van der Waals surface area contributed by atoms with Gasteiger partial charge in [0.2, 0.25) is 0 Å². The first-order valence-corrected chi connectivity index (χ1v) is 22.5. The molecule has 10 nitrogen and oxygen atoms in total. The van der Waals surface area contributed by atoms with Gasteiger partial charge in [0, 0.05) is 43.8 Å². The van der Waals surface area contributed by atoms with Crippen molar-refractivity contribution in [1.29, 1.82) is 0 Å². The molecular weight excluding hydrogens is 837 g/mol. The van der Waals surface area contributed by atoms with Gasteiger partial charge in [-0.3, -0.25) is 9.13 Å². The molecule has 0 amide bonds. The maximum Gasteiger partial charge on any atom is 0.182 e. The second-order valence-corrected chi connectivity index (χ2v) is 16.6. The summed E-state index contributed by atoms with van der Waals surface area (Å²) in [5.41, 5.74) is 8.52. The molecule has 0 radical (unpaired) electrons. The van der Waals surface area contributed by atoms with E-state index in [1.807, 2.05) is 133 Å². The number of rotatable bonds is 8. The summed E-state index contributed by atoms with van der Waals surface area (Å²) in [5.74, 6) is 5.21. The van der Waals surface area contributed by atoms with E-state index in [1.54, 1.807) is 0 Å². The van der Waals surface area contributed by atoms with Gasteiger partial charge in [-0.25, -0.2) is 34.9 Å². The van der Waals surface area contributed by atoms with E-state index in [2.05, 4.69) is 99.4 Å². The van der Waals surface area contributed by atoms with Crippen LogP contribution in [0.1, 0.15) is 11.9 Å². The molecule has 0 aliphatic carbocycles. The minimum atomic E-state index is -0.333. The van der Waals surface area contributed by atoms with Gasteiger partial charge in [0.15, 0.2) is 34.9 Å². The Labute approximate surface area is 390 Å². The summed E-state index contributed by atoms with van der Waals surface area (Å²) in [5, 5.41) is 8.28. The summed E-state index contributed by atoms with van der Waals surface area (Å²) < 4.78 is 4.57. The first-order valence-electron chi connectivity index (χ1n) is 22.5. The number of nitrogens with zero attached hydrogens (tertiary/aromatic N) is 9. The van der Waals surface area contributed by atoms with Gasteiger partial charge in [-0.15, -0.1) is 0 Å². The maximum atomic E-state index is 5.33. The van der Waals surface area contributed by atoms with Gasteiger partial charge < -0.3 is 5.32 Å². The summed E-state index contributed by atoms with van der Waals surface area (Å²) in [6.07, 6.45) is 6.31. The molecule has 6 heterocycles. The summed E-state index contributed by atoms with van der Waals surface area (Å²) >= 11 is 0. The highest BCUT2D eigenvalue weighted by molar-refractivity contribution is 6.19. The molecule has 0 bridgehead atoms. The fourth-order valence-electron chi connectivity index (χ4n) is 9.30. The number of benzene rings is 7. The molecule has 1 atom stereocenters. The second kappa shape index (κ2) is 16.2. The van der Waals surface area contributed by atoms with E-state index >= 15 is 0 Å². The number of nitrogens with one attached hydrogen (secondary N) is 1. The first kappa shape index (κ1) is 39.0. The van der Waals surface area contributed by atoms with E-state index in [-0.39, 0.29) is 6.04 Å². The number of para-hydroxylation sites is 2. The standard InChI is InChI=1S/C58H38N10/c1-5-19-37(20-6-1)53-61-54(38-21-7-2-8-22-38)64-57(63-53)45-29-17-33-51(59-45)67-47-31-15-13-27-41(47)43-36-50-44(35-49(43)67)42-28-14-16-32-48(42)68(50)52-34-18-30-46(60-52)58-65-55(39-23-9-3-10-24-39)62-56(66-58)40-25-11-4-12-26-40/h1-36,45,59H. The lowest BCUT2D eigenvalue weighted by Crippen LogP contribution is -2.26. The van der Waals surface area contributed by atoms with Crippen molar-refractivity contribution in [2.75, 3.05) is 0 Å². The highest BCUT2D eigenvalue weighted by Gasteiger charge is 2.24. The van der Waals surface area contributed by atoms with Crippen molar-refractivity contribution in [3.63, 3.8) is 0 Å². The van der Waals surface area contributed by atoms with Crippen LogP contribution in [-0.2, 0) is 0 Å². The third-order valence-electron chi connectivity index (χ3n) is 12.5. The second-order valence-electron chi connectivity index (χ2n) is 16.6. The van der Waals surface area contributed by atoms with Gasteiger partial charge in [-0.1, -0.05) is 176 Å². The number of aromatic nitrogens is 9. The number of dihydropyridines is 1. The summed E-state index contributed by atoms with van der Waals surface area (Å²) in [7, 11) is 0. The van der Waals surface area contributed by atoms with Crippen LogP contribution in [0.4, 0.5) is 0 Å². The number of fused-ring (bicyclic) bond motifs is 6. The SMILES string of the molecule is C1=CC(c2nc(-c3ccccc3)nc(-c3ccccc3)n2)NC(n2c3ccccc3c3cc4c(cc32)c2ccccc2n4-c2cccc(-c3nc(-c4ccccc4)nc(-c4ccccc4)n3)n2)=C1. The molecule has 7 aromatic carbocycles. The van der Waals surface area contributed by atoms with Crippen LogP contribution in [0.2, 0.25) is 0 Å². The molecule has 0 saturated carbocycles. The third-order valence-corrected chi connectivity index (χ3v) is 12.5. The molecule has 0 spiro atoms. The molecule has 12 aromatic rings. The van der Waals surface area contributed by atoms with Crippen LogP contribution in [0, 0.1) is 0 Å². The van der Waals surface area contributed by atoms with Crippen LogP contribution in [-0.4, -0.2) is 44.0 Å². The van der Waals surface area contributed by atoms with Gasteiger partial charge in [0.05, 0.1) is 22.1 Å². The van der Waals surface area contributed by atoms with E-state index in [0.29, 0.717) is 40.6 Å². The zero-order valence-electron chi connectivity index (χ0n) is 36.4. The Balaban J connectivity index is 0.944. The molecule has 10 heteroatoms. The van der Waals surface area contributed by atoms with Crippen molar-refractivity contribution in [2.24, 2.45) is 0 Å². The molecule has 1 aliphatic rings. The molecule has 0 fully saturated rings. The van der Waals surface area contributed by atoms with Crippen LogP contribution in [0.3, 0.4) is 0 Å². The van der Waals surface area contributed by atoms with Crippen LogP contribution in [0.5, 0.6) is 0 Å². The molecule has 320 valence electrons.